The quantitative estimate of drug-likeness (QED) is 0.825. The molecular formula is C13H17N3O3. The lowest BCUT2D eigenvalue weighted by molar-refractivity contribution is -0.127. The number of ether oxygens (including phenoxy) is 2. The largest absolute Gasteiger partial charge is 0.477 e. The number of nitrogens with one attached hydrogen (secondary N) is 1. The van der Waals surface area contributed by atoms with Crippen LogP contribution in [-0.4, -0.2) is 49.8 Å². The normalized spacial score (nSPS) is 26.8. The average Bonchev–Trinajstić information content (AvgIpc) is 2.46. The van der Waals surface area contributed by atoms with E-state index in [2.05, 4.69) is 10.3 Å². The molecule has 0 radical (unpaired) electrons. The summed E-state index contributed by atoms with van der Waals surface area (Å²) in [5.41, 5.74) is 0. The lowest BCUT2D eigenvalue weighted by Crippen LogP contribution is -2.50. The first-order chi connectivity index (χ1) is 9.25. The van der Waals surface area contributed by atoms with Gasteiger partial charge in [0.25, 0.3) is 5.91 Å². The first-order valence-electron chi connectivity index (χ1n) is 6.46. The van der Waals surface area contributed by atoms with Crippen LogP contribution >= 0.6 is 0 Å². The molecule has 1 amide bonds. The zero-order valence-electron chi connectivity index (χ0n) is 10.8. The number of nitrogens with zero attached hydrogens (tertiary/aromatic N) is 2. The van der Waals surface area contributed by atoms with Gasteiger partial charge in [0.1, 0.15) is 0 Å². The molecule has 2 aliphatic rings. The second-order valence-corrected chi connectivity index (χ2v) is 4.79. The molecule has 0 bridgehead atoms. The van der Waals surface area contributed by atoms with Crippen LogP contribution in [0.5, 0.6) is 5.75 Å². The summed E-state index contributed by atoms with van der Waals surface area (Å²) < 4.78 is 11.2. The van der Waals surface area contributed by atoms with E-state index in [9.17, 15) is 4.79 Å². The van der Waals surface area contributed by atoms with Crippen LogP contribution in [0.3, 0.4) is 0 Å². The van der Waals surface area contributed by atoms with Crippen molar-refractivity contribution >= 4 is 11.7 Å². The number of rotatable bonds is 2. The Hall–Kier alpha value is -1.66. The number of likely N-dealkylation sites (N-methyl/N-ethyl adjacent to an activating group) is 1. The molecule has 6 heteroatoms. The first kappa shape index (κ1) is 12.4. The summed E-state index contributed by atoms with van der Waals surface area (Å²) in [5, 5.41) is 3.33. The molecule has 3 rings (SSSR count). The third-order valence-corrected chi connectivity index (χ3v) is 3.44. The molecule has 0 aromatic carbocycles. The third-order valence-electron chi connectivity index (χ3n) is 3.44. The fraction of sp³-hybridized carbons (Fsp3) is 0.538. The van der Waals surface area contributed by atoms with Gasteiger partial charge in [-0.15, -0.1) is 0 Å². The molecule has 1 aromatic heterocycles. The predicted octanol–water partition coefficient (Wildman–Crippen LogP) is 0.184. The number of amides is 1. The number of hydrogen-bond acceptors (Lipinski definition) is 5. The van der Waals surface area contributed by atoms with Gasteiger partial charge in [0, 0.05) is 32.3 Å². The number of hydrogen-bond donors (Lipinski definition) is 1. The molecule has 1 saturated heterocycles. The van der Waals surface area contributed by atoms with Gasteiger partial charge in [0.2, 0.25) is 0 Å². The van der Waals surface area contributed by atoms with Crippen molar-refractivity contribution in [3.63, 3.8) is 0 Å². The van der Waals surface area contributed by atoms with Crippen LogP contribution in [0.2, 0.25) is 0 Å². The summed E-state index contributed by atoms with van der Waals surface area (Å²) in [6.07, 6.45) is 1.79. The summed E-state index contributed by atoms with van der Waals surface area (Å²) in [5.74, 6) is 1.18. The lowest BCUT2D eigenvalue weighted by atomic mass is 10.1. The molecule has 1 N–H and O–H groups in total. The van der Waals surface area contributed by atoms with Crippen LogP contribution < -0.4 is 15.0 Å². The van der Waals surface area contributed by atoms with Gasteiger partial charge in [-0.2, -0.15) is 0 Å². The summed E-state index contributed by atoms with van der Waals surface area (Å²) in [7, 11) is 1.73. The molecule has 2 unspecified atom stereocenters. The minimum atomic E-state index is -0.471. The minimum absolute atomic E-state index is 0.0569. The number of fused-ring (bicyclic) bond motifs is 1. The first-order valence-corrected chi connectivity index (χ1v) is 6.46. The number of pyridine rings is 1. The van der Waals surface area contributed by atoms with E-state index in [0.29, 0.717) is 24.6 Å². The van der Waals surface area contributed by atoms with Crippen LogP contribution in [0.4, 0.5) is 5.82 Å². The Balaban J connectivity index is 1.75. The Morgan fingerprint density at radius 1 is 1.58 bits per heavy atom. The van der Waals surface area contributed by atoms with Gasteiger partial charge in [-0.3, -0.25) is 9.69 Å². The van der Waals surface area contributed by atoms with Gasteiger partial charge in [-0.1, -0.05) is 0 Å². The van der Waals surface area contributed by atoms with Crippen molar-refractivity contribution in [3.05, 3.63) is 18.3 Å². The minimum Gasteiger partial charge on any atom is -0.477 e. The molecule has 19 heavy (non-hydrogen) atoms. The van der Waals surface area contributed by atoms with Gasteiger partial charge in [-0.05, 0) is 12.1 Å². The smallest absolute Gasteiger partial charge is 0.269 e. The number of anilines is 1. The fourth-order valence-corrected chi connectivity index (χ4v) is 2.43. The van der Waals surface area contributed by atoms with E-state index in [0.717, 1.165) is 13.2 Å². The van der Waals surface area contributed by atoms with Crippen molar-refractivity contribution in [2.45, 2.75) is 18.6 Å². The van der Waals surface area contributed by atoms with E-state index in [1.165, 1.54) is 0 Å². The van der Waals surface area contributed by atoms with E-state index in [-0.39, 0.29) is 11.9 Å². The van der Waals surface area contributed by atoms with Crippen molar-refractivity contribution < 1.29 is 14.3 Å². The molecule has 102 valence electrons. The molecule has 1 aromatic rings. The van der Waals surface area contributed by atoms with E-state index in [1.807, 2.05) is 12.1 Å². The predicted molar refractivity (Wildman–Crippen MR) is 69.3 cm³/mol. The number of morpholine rings is 1. The molecule has 3 heterocycles. The zero-order valence-corrected chi connectivity index (χ0v) is 10.8. The highest BCUT2D eigenvalue weighted by molar-refractivity contribution is 5.98. The molecule has 2 aliphatic heterocycles. The molecular weight excluding hydrogens is 246 g/mol. The molecule has 1 fully saturated rings. The summed E-state index contributed by atoms with van der Waals surface area (Å²) in [4.78, 5) is 18.0. The molecule has 2 atom stereocenters. The van der Waals surface area contributed by atoms with Crippen molar-refractivity contribution in [3.8, 4) is 5.75 Å². The Labute approximate surface area is 111 Å². The maximum atomic E-state index is 12.3. The standard InChI is InChI=1S/C13H17N3O3/c1-16-12-10(3-2-4-15-12)19-11(13(16)17)7-9-8-18-6-5-14-9/h2-4,9,11,14H,5-8H2,1H3. The zero-order chi connectivity index (χ0) is 13.2. The molecule has 6 nitrogen and oxygen atoms in total. The monoisotopic (exact) mass is 263 g/mol. The van der Waals surface area contributed by atoms with Gasteiger partial charge in [0.15, 0.2) is 17.7 Å². The fourth-order valence-electron chi connectivity index (χ4n) is 2.43. The van der Waals surface area contributed by atoms with E-state index in [1.54, 1.807) is 18.1 Å². The van der Waals surface area contributed by atoms with Crippen molar-refractivity contribution in [2.75, 3.05) is 31.7 Å². The van der Waals surface area contributed by atoms with Crippen LogP contribution in [-0.2, 0) is 9.53 Å². The van der Waals surface area contributed by atoms with Crippen molar-refractivity contribution in [1.82, 2.24) is 10.3 Å². The Morgan fingerprint density at radius 2 is 2.47 bits per heavy atom. The molecule has 0 aliphatic carbocycles. The summed E-state index contributed by atoms with van der Waals surface area (Å²) in [6.45, 7) is 2.17. The van der Waals surface area contributed by atoms with Crippen LogP contribution in [0.1, 0.15) is 6.42 Å². The lowest BCUT2D eigenvalue weighted by Gasteiger charge is -2.33. The van der Waals surface area contributed by atoms with Crippen molar-refractivity contribution in [2.24, 2.45) is 0 Å². The van der Waals surface area contributed by atoms with Gasteiger partial charge >= 0.3 is 0 Å². The maximum Gasteiger partial charge on any atom is 0.269 e. The van der Waals surface area contributed by atoms with E-state index >= 15 is 0 Å². The topological polar surface area (TPSA) is 63.7 Å². The highest BCUT2D eigenvalue weighted by Crippen LogP contribution is 2.31. The van der Waals surface area contributed by atoms with Crippen molar-refractivity contribution in [1.29, 1.82) is 0 Å². The van der Waals surface area contributed by atoms with Gasteiger partial charge < -0.3 is 14.8 Å². The highest BCUT2D eigenvalue weighted by Gasteiger charge is 2.35. The summed E-state index contributed by atoms with van der Waals surface area (Å²) in [6, 6.07) is 3.80. The maximum absolute atomic E-state index is 12.3. The van der Waals surface area contributed by atoms with Crippen LogP contribution in [0, 0.1) is 0 Å². The van der Waals surface area contributed by atoms with Gasteiger partial charge in [0.05, 0.1) is 13.2 Å². The number of aromatic nitrogens is 1. The van der Waals surface area contributed by atoms with E-state index < -0.39 is 6.10 Å². The molecule has 0 spiro atoms. The van der Waals surface area contributed by atoms with Crippen LogP contribution in [0.15, 0.2) is 18.3 Å². The van der Waals surface area contributed by atoms with Crippen LogP contribution in [0.25, 0.3) is 0 Å². The molecule has 0 saturated carbocycles. The SMILES string of the molecule is CN1C(=O)C(CC2COCCN2)Oc2cccnc21. The Kier molecular flexibility index (Phi) is 3.35. The Bertz CT molecular complexity index is 474. The summed E-state index contributed by atoms with van der Waals surface area (Å²) >= 11 is 0. The number of carbonyl (C=O) groups excluding carboxylic acids is 1. The third kappa shape index (κ3) is 2.41. The second kappa shape index (κ2) is 5.14. The highest BCUT2D eigenvalue weighted by atomic mass is 16.5. The Morgan fingerprint density at radius 3 is 3.26 bits per heavy atom. The second-order valence-electron chi connectivity index (χ2n) is 4.79. The van der Waals surface area contributed by atoms with E-state index in [4.69, 9.17) is 9.47 Å². The van der Waals surface area contributed by atoms with Gasteiger partial charge in [-0.25, -0.2) is 4.98 Å². The average molecular weight is 263 g/mol. The number of carbonyl (C=O) groups is 1.